The molecule has 0 aliphatic carbocycles. The van der Waals surface area contributed by atoms with E-state index in [1.165, 1.54) is 10.5 Å². The molecule has 2 aromatic heterocycles. The van der Waals surface area contributed by atoms with Gasteiger partial charge in [0.25, 0.3) is 0 Å². The van der Waals surface area contributed by atoms with Gasteiger partial charge in [-0.3, -0.25) is 4.79 Å². The van der Waals surface area contributed by atoms with Crippen LogP contribution in [0.25, 0.3) is 11.0 Å². The molecule has 0 aromatic carbocycles. The van der Waals surface area contributed by atoms with Gasteiger partial charge in [-0.25, -0.2) is 13.4 Å². The number of hydrogen-bond donors (Lipinski definition) is 2. The second-order valence-electron chi connectivity index (χ2n) is 7.02. The van der Waals surface area contributed by atoms with Crippen molar-refractivity contribution in [2.24, 2.45) is 11.7 Å². The fourth-order valence-corrected chi connectivity index (χ4v) is 4.85. The molecule has 3 N–H and O–H groups in total. The van der Waals surface area contributed by atoms with Crippen LogP contribution in [-0.4, -0.2) is 65.7 Å². The highest BCUT2D eigenvalue weighted by molar-refractivity contribution is 7.89. The summed E-state index contributed by atoms with van der Waals surface area (Å²) in [5.74, 6) is 0.234. The molecule has 1 aliphatic rings. The number of nitrogens with two attached hydrogens (primary N) is 1. The van der Waals surface area contributed by atoms with E-state index in [2.05, 4.69) is 9.97 Å². The zero-order valence-corrected chi connectivity index (χ0v) is 15.9. The molecule has 1 atom stereocenters. The van der Waals surface area contributed by atoms with Crippen molar-refractivity contribution in [3.8, 4) is 0 Å². The monoisotopic (exact) mass is 379 g/mol. The summed E-state index contributed by atoms with van der Waals surface area (Å²) in [5.41, 5.74) is 6.52. The van der Waals surface area contributed by atoms with Gasteiger partial charge >= 0.3 is 0 Å². The first-order valence-corrected chi connectivity index (χ1v) is 10.2. The van der Waals surface area contributed by atoms with Crippen LogP contribution in [0.4, 0.5) is 0 Å². The van der Waals surface area contributed by atoms with Crippen LogP contribution in [0.2, 0.25) is 0 Å². The molecular formula is C17H25N5O3S. The minimum Gasteiger partial charge on any atom is -0.345 e. The van der Waals surface area contributed by atoms with Gasteiger partial charge in [-0.2, -0.15) is 4.31 Å². The van der Waals surface area contributed by atoms with Crippen LogP contribution >= 0.6 is 0 Å². The molecule has 1 saturated heterocycles. The predicted octanol–water partition coefficient (Wildman–Crippen LogP) is 0.769. The third kappa shape index (κ3) is 3.60. The van der Waals surface area contributed by atoms with E-state index in [0.717, 1.165) is 0 Å². The number of carbonyl (C=O) groups is 1. The van der Waals surface area contributed by atoms with Gasteiger partial charge in [0.2, 0.25) is 15.9 Å². The topological polar surface area (TPSA) is 112 Å². The normalized spacial score (nSPS) is 17.8. The maximum atomic E-state index is 13.0. The highest BCUT2D eigenvalue weighted by Crippen LogP contribution is 2.25. The number of pyridine rings is 1. The Bertz CT molecular complexity index is 885. The van der Waals surface area contributed by atoms with Gasteiger partial charge in [0, 0.05) is 44.0 Å². The van der Waals surface area contributed by atoms with Gasteiger partial charge in [-0.15, -0.1) is 0 Å². The molecule has 9 heteroatoms. The van der Waals surface area contributed by atoms with Crippen molar-refractivity contribution in [1.29, 1.82) is 0 Å². The van der Waals surface area contributed by atoms with E-state index < -0.39 is 16.1 Å². The van der Waals surface area contributed by atoms with Gasteiger partial charge < -0.3 is 15.6 Å². The molecule has 0 saturated carbocycles. The number of rotatable bonds is 5. The fourth-order valence-electron chi connectivity index (χ4n) is 3.28. The first kappa shape index (κ1) is 18.8. The minimum atomic E-state index is -3.64. The molecule has 142 valence electrons. The Kier molecular flexibility index (Phi) is 5.31. The summed E-state index contributed by atoms with van der Waals surface area (Å²) in [6, 6.07) is 2.91. The van der Waals surface area contributed by atoms with Gasteiger partial charge in [0.1, 0.15) is 10.5 Å². The van der Waals surface area contributed by atoms with E-state index >= 15 is 0 Å². The van der Waals surface area contributed by atoms with Crippen LogP contribution in [0.3, 0.4) is 0 Å². The molecule has 0 bridgehead atoms. The van der Waals surface area contributed by atoms with E-state index in [9.17, 15) is 13.2 Å². The summed E-state index contributed by atoms with van der Waals surface area (Å²) < 4.78 is 27.4. The largest absolute Gasteiger partial charge is 0.345 e. The Hall–Kier alpha value is -1.97. The highest BCUT2D eigenvalue weighted by atomic mass is 32.2. The molecule has 3 rings (SSSR count). The second kappa shape index (κ2) is 7.34. The van der Waals surface area contributed by atoms with Crippen molar-refractivity contribution in [1.82, 2.24) is 19.2 Å². The summed E-state index contributed by atoms with van der Waals surface area (Å²) in [4.78, 5) is 21.3. The number of H-pyrrole nitrogens is 1. The summed E-state index contributed by atoms with van der Waals surface area (Å²) in [5, 5.41) is 0.574. The molecule has 0 unspecified atom stereocenters. The molecule has 8 nitrogen and oxygen atoms in total. The van der Waals surface area contributed by atoms with Crippen molar-refractivity contribution in [3.05, 3.63) is 24.5 Å². The zero-order valence-electron chi connectivity index (χ0n) is 15.1. The third-order valence-corrected chi connectivity index (χ3v) is 6.56. The van der Waals surface area contributed by atoms with E-state index in [4.69, 9.17) is 5.73 Å². The maximum Gasteiger partial charge on any atom is 0.245 e. The van der Waals surface area contributed by atoms with E-state index in [1.807, 2.05) is 13.8 Å². The molecule has 3 heterocycles. The van der Waals surface area contributed by atoms with Gasteiger partial charge in [-0.1, -0.05) is 13.8 Å². The lowest BCUT2D eigenvalue weighted by Gasteiger charge is -2.35. The minimum absolute atomic E-state index is 0.105. The van der Waals surface area contributed by atoms with Crippen molar-refractivity contribution in [2.75, 3.05) is 26.2 Å². The number of aromatic nitrogens is 2. The van der Waals surface area contributed by atoms with Gasteiger partial charge in [-0.05, 0) is 24.5 Å². The van der Waals surface area contributed by atoms with E-state index in [-0.39, 0.29) is 23.9 Å². The number of nitrogens with zero attached hydrogens (tertiary/aromatic N) is 3. The molecule has 0 spiro atoms. The van der Waals surface area contributed by atoms with Crippen LogP contribution in [0.1, 0.15) is 20.3 Å². The summed E-state index contributed by atoms with van der Waals surface area (Å²) in [6.45, 7) is 5.27. The van der Waals surface area contributed by atoms with Crippen LogP contribution < -0.4 is 5.73 Å². The average Bonchev–Trinajstić information content (AvgIpc) is 3.05. The van der Waals surface area contributed by atoms with Crippen LogP contribution in [0, 0.1) is 5.92 Å². The maximum absolute atomic E-state index is 13.0. The molecule has 1 amide bonds. The molecular weight excluding hydrogens is 354 g/mol. The predicted molar refractivity (Wildman–Crippen MR) is 98.9 cm³/mol. The van der Waals surface area contributed by atoms with Gasteiger partial charge in [0.15, 0.2) is 0 Å². The van der Waals surface area contributed by atoms with Crippen molar-refractivity contribution in [2.45, 2.75) is 31.2 Å². The first-order chi connectivity index (χ1) is 12.3. The SMILES string of the molecule is CC(C)C[C@H](N)C(=O)N1CCN(S(=O)(=O)c2c[nH]c3ncccc23)CC1. The zero-order chi connectivity index (χ0) is 18.9. The Labute approximate surface area is 153 Å². The van der Waals surface area contributed by atoms with E-state index in [0.29, 0.717) is 36.5 Å². The molecule has 1 aliphatic heterocycles. The summed E-state index contributed by atoms with van der Waals surface area (Å²) in [7, 11) is -3.64. The number of hydrogen-bond acceptors (Lipinski definition) is 5. The smallest absolute Gasteiger partial charge is 0.245 e. The lowest BCUT2D eigenvalue weighted by molar-refractivity contribution is -0.134. The van der Waals surface area contributed by atoms with E-state index in [1.54, 1.807) is 23.2 Å². The fraction of sp³-hybridized carbons (Fsp3) is 0.529. The molecule has 2 aromatic rings. The number of sulfonamides is 1. The lowest BCUT2D eigenvalue weighted by atomic mass is 10.0. The number of fused-ring (bicyclic) bond motifs is 1. The Balaban J connectivity index is 1.70. The van der Waals surface area contributed by atoms with Crippen LogP contribution in [0.15, 0.2) is 29.4 Å². The second-order valence-corrected chi connectivity index (χ2v) is 8.92. The molecule has 0 radical (unpaired) electrons. The van der Waals surface area contributed by atoms with Crippen molar-refractivity contribution < 1.29 is 13.2 Å². The third-order valence-electron chi connectivity index (χ3n) is 4.62. The number of carbonyl (C=O) groups excluding carboxylic acids is 1. The van der Waals surface area contributed by atoms with Crippen molar-refractivity contribution >= 4 is 27.0 Å². The Morgan fingerprint density at radius 1 is 1.31 bits per heavy atom. The summed E-state index contributed by atoms with van der Waals surface area (Å²) >= 11 is 0. The molecule has 26 heavy (non-hydrogen) atoms. The first-order valence-electron chi connectivity index (χ1n) is 8.77. The average molecular weight is 379 g/mol. The summed E-state index contributed by atoms with van der Waals surface area (Å²) in [6.07, 6.45) is 3.71. The standard InChI is InChI=1S/C17H25N5O3S/c1-12(2)10-14(18)17(23)21-6-8-22(9-7-21)26(24,25)15-11-20-16-13(15)4-3-5-19-16/h3-5,11-12,14H,6-10,18H2,1-2H3,(H,19,20)/t14-/m0/s1. The quantitative estimate of drug-likeness (QED) is 0.797. The van der Waals surface area contributed by atoms with Crippen LogP contribution in [0.5, 0.6) is 0 Å². The Morgan fingerprint density at radius 3 is 2.65 bits per heavy atom. The molecule has 1 fully saturated rings. The van der Waals surface area contributed by atoms with Gasteiger partial charge in [0.05, 0.1) is 6.04 Å². The number of nitrogens with one attached hydrogen (secondary N) is 1. The Morgan fingerprint density at radius 2 is 2.00 bits per heavy atom. The number of aromatic amines is 1. The number of amides is 1. The highest BCUT2D eigenvalue weighted by Gasteiger charge is 2.33. The van der Waals surface area contributed by atoms with Crippen molar-refractivity contribution in [3.63, 3.8) is 0 Å². The van der Waals surface area contributed by atoms with Crippen LogP contribution in [-0.2, 0) is 14.8 Å². The lowest BCUT2D eigenvalue weighted by Crippen LogP contribution is -2.54. The number of piperazine rings is 1.